The Kier molecular flexibility index (Phi) is 6.31. The Balaban J connectivity index is 1.47. The Morgan fingerprint density at radius 1 is 0.923 bits per heavy atom. The third-order valence-electron chi connectivity index (χ3n) is 4.02. The lowest BCUT2D eigenvalue weighted by Crippen LogP contribution is -2.23. The van der Waals surface area contributed by atoms with E-state index in [1.54, 1.807) is 30.7 Å². The summed E-state index contributed by atoms with van der Waals surface area (Å²) in [7, 11) is 0. The van der Waals surface area contributed by atoms with Gasteiger partial charge in [-0.15, -0.1) is 0 Å². The molecule has 0 spiro atoms. The van der Waals surface area contributed by atoms with E-state index >= 15 is 0 Å². The molecule has 1 aromatic carbocycles. The van der Waals surface area contributed by atoms with Crippen LogP contribution in [-0.2, 0) is 13.0 Å². The van der Waals surface area contributed by atoms with Crippen molar-refractivity contribution >= 4 is 11.7 Å². The van der Waals surface area contributed by atoms with Gasteiger partial charge in [-0.25, -0.2) is 4.98 Å². The lowest BCUT2D eigenvalue weighted by Gasteiger charge is -2.08. The molecule has 0 saturated carbocycles. The summed E-state index contributed by atoms with van der Waals surface area (Å²) in [6.07, 6.45) is 7.10. The van der Waals surface area contributed by atoms with Crippen LogP contribution in [0.1, 0.15) is 27.9 Å². The average Bonchev–Trinajstić information content (AvgIpc) is 2.71. The second-order valence-electron chi connectivity index (χ2n) is 5.98. The summed E-state index contributed by atoms with van der Waals surface area (Å²) in [4.78, 5) is 20.6. The molecule has 3 aromatic rings. The van der Waals surface area contributed by atoms with Crippen LogP contribution < -0.4 is 10.6 Å². The summed E-state index contributed by atoms with van der Waals surface area (Å²) in [5.74, 6) is 0.603. The summed E-state index contributed by atoms with van der Waals surface area (Å²) in [6.45, 7) is 1.29. The quantitative estimate of drug-likeness (QED) is 0.613. The minimum atomic E-state index is -0.114. The second-order valence-corrected chi connectivity index (χ2v) is 5.98. The van der Waals surface area contributed by atoms with Crippen molar-refractivity contribution in [3.05, 3.63) is 89.9 Å². The fraction of sp³-hybridized carbons (Fsp3) is 0.190. The van der Waals surface area contributed by atoms with Crippen LogP contribution in [0.4, 0.5) is 5.82 Å². The summed E-state index contributed by atoms with van der Waals surface area (Å²) in [5.41, 5.74) is 2.94. The lowest BCUT2D eigenvalue weighted by atomic mass is 10.1. The van der Waals surface area contributed by atoms with Gasteiger partial charge < -0.3 is 10.6 Å². The van der Waals surface area contributed by atoms with E-state index in [4.69, 9.17) is 0 Å². The molecule has 5 heteroatoms. The number of hydrogen-bond acceptors (Lipinski definition) is 4. The minimum Gasteiger partial charge on any atom is -0.370 e. The van der Waals surface area contributed by atoms with Crippen LogP contribution in [0.5, 0.6) is 0 Å². The molecule has 0 unspecified atom stereocenters. The number of anilines is 1. The van der Waals surface area contributed by atoms with E-state index in [1.165, 1.54) is 5.56 Å². The van der Waals surface area contributed by atoms with Gasteiger partial charge in [0.25, 0.3) is 5.91 Å². The summed E-state index contributed by atoms with van der Waals surface area (Å²) in [6, 6.07) is 17.7. The maximum Gasteiger partial charge on any atom is 0.251 e. The van der Waals surface area contributed by atoms with E-state index in [0.29, 0.717) is 12.1 Å². The summed E-state index contributed by atoms with van der Waals surface area (Å²) >= 11 is 0. The van der Waals surface area contributed by atoms with Crippen LogP contribution >= 0.6 is 0 Å². The van der Waals surface area contributed by atoms with Crippen molar-refractivity contribution in [2.45, 2.75) is 19.4 Å². The van der Waals surface area contributed by atoms with Gasteiger partial charge in [0.15, 0.2) is 0 Å². The molecule has 26 heavy (non-hydrogen) atoms. The highest BCUT2D eigenvalue weighted by atomic mass is 16.1. The van der Waals surface area contributed by atoms with E-state index in [1.807, 2.05) is 18.2 Å². The van der Waals surface area contributed by atoms with Crippen LogP contribution in [-0.4, -0.2) is 22.4 Å². The Morgan fingerprint density at radius 2 is 1.73 bits per heavy atom. The SMILES string of the molecule is O=C(NCc1ccncc1)c1ccnc(NCCCc2ccccc2)c1. The van der Waals surface area contributed by atoms with Gasteiger partial charge in [-0.2, -0.15) is 0 Å². The number of pyridine rings is 2. The summed E-state index contributed by atoms with van der Waals surface area (Å²) in [5, 5.41) is 6.19. The van der Waals surface area contributed by atoms with Gasteiger partial charge in [-0.05, 0) is 48.2 Å². The van der Waals surface area contributed by atoms with E-state index < -0.39 is 0 Å². The van der Waals surface area contributed by atoms with Crippen molar-refractivity contribution < 1.29 is 4.79 Å². The molecule has 5 nitrogen and oxygen atoms in total. The first-order valence-electron chi connectivity index (χ1n) is 8.72. The molecule has 2 aromatic heterocycles. The third-order valence-corrected chi connectivity index (χ3v) is 4.02. The van der Waals surface area contributed by atoms with Crippen molar-refractivity contribution in [1.82, 2.24) is 15.3 Å². The smallest absolute Gasteiger partial charge is 0.251 e. The number of aryl methyl sites for hydroxylation is 1. The van der Waals surface area contributed by atoms with Crippen LogP contribution in [0, 0.1) is 0 Å². The largest absolute Gasteiger partial charge is 0.370 e. The molecule has 0 fully saturated rings. The van der Waals surface area contributed by atoms with E-state index in [-0.39, 0.29) is 5.91 Å². The summed E-state index contributed by atoms with van der Waals surface area (Å²) < 4.78 is 0. The van der Waals surface area contributed by atoms with Crippen molar-refractivity contribution in [3.8, 4) is 0 Å². The zero-order chi connectivity index (χ0) is 18.0. The molecule has 132 valence electrons. The van der Waals surface area contributed by atoms with Gasteiger partial charge in [-0.3, -0.25) is 9.78 Å². The molecule has 3 rings (SSSR count). The van der Waals surface area contributed by atoms with E-state index in [9.17, 15) is 4.79 Å². The van der Waals surface area contributed by atoms with Gasteiger partial charge in [0, 0.05) is 37.2 Å². The Hall–Kier alpha value is -3.21. The van der Waals surface area contributed by atoms with Crippen LogP contribution in [0.25, 0.3) is 0 Å². The highest BCUT2D eigenvalue weighted by Gasteiger charge is 2.06. The number of nitrogens with one attached hydrogen (secondary N) is 2. The first-order chi connectivity index (χ1) is 12.8. The van der Waals surface area contributed by atoms with E-state index in [2.05, 4.69) is 44.9 Å². The maximum atomic E-state index is 12.3. The Morgan fingerprint density at radius 3 is 2.54 bits per heavy atom. The Labute approximate surface area is 153 Å². The van der Waals surface area contributed by atoms with Crippen molar-refractivity contribution in [3.63, 3.8) is 0 Å². The number of carbonyl (C=O) groups is 1. The van der Waals surface area contributed by atoms with Crippen molar-refractivity contribution in [2.75, 3.05) is 11.9 Å². The molecule has 1 amide bonds. The van der Waals surface area contributed by atoms with Crippen molar-refractivity contribution in [1.29, 1.82) is 0 Å². The standard InChI is InChI=1S/C21H22N4O/c26-21(25-16-18-8-12-22-13-9-18)19-10-14-24-20(15-19)23-11-4-7-17-5-2-1-3-6-17/h1-3,5-6,8-10,12-15H,4,7,11,16H2,(H,23,24)(H,25,26). The minimum absolute atomic E-state index is 0.114. The van der Waals surface area contributed by atoms with E-state index in [0.717, 1.165) is 30.8 Å². The van der Waals surface area contributed by atoms with Crippen LogP contribution in [0.2, 0.25) is 0 Å². The first kappa shape index (κ1) is 17.6. The third kappa shape index (κ3) is 5.41. The molecule has 0 aliphatic rings. The molecular weight excluding hydrogens is 324 g/mol. The number of carbonyl (C=O) groups excluding carboxylic acids is 1. The fourth-order valence-electron chi connectivity index (χ4n) is 2.61. The molecule has 0 aliphatic heterocycles. The highest BCUT2D eigenvalue weighted by molar-refractivity contribution is 5.94. The number of amides is 1. The van der Waals surface area contributed by atoms with Crippen molar-refractivity contribution in [2.24, 2.45) is 0 Å². The molecule has 0 atom stereocenters. The second kappa shape index (κ2) is 9.32. The molecule has 0 aliphatic carbocycles. The highest BCUT2D eigenvalue weighted by Crippen LogP contribution is 2.08. The molecular formula is C21H22N4O. The van der Waals surface area contributed by atoms with Gasteiger partial charge in [-0.1, -0.05) is 30.3 Å². The molecule has 2 heterocycles. The predicted octanol–water partition coefficient (Wildman–Crippen LogP) is 3.45. The molecule has 0 bridgehead atoms. The zero-order valence-electron chi connectivity index (χ0n) is 14.6. The molecule has 2 N–H and O–H groups in total. The Bertz CT molecular complexity index is 822. The monoisotopic (exact) mass is 346 g/mol. The maximum absolute atomic E-state index is 12.3. The molecule has 0 radical (unpaired) electrons. The van der Waals surface area contributed by atoms with Gasteiger partial charge in [0.1, 0.15) is 5.82 Å². The number of hydrogen-bond donors (Lipinski definition) is 2. The average molecular weight is 346 g/mol. The zero-order valence-corrected chi connectivity index (χ0v) is 14.6. The van der Waals surface area contributed by atoms with Crippen LogP contribution in [0.15, 0.2) is 73.2 Å². The lowest BCUT2D eigenvalue weighted by molar-refractivity contribution is 0.0951. The topological polar surface area (TPSA) is 66.9 Å². The fourth-order valence-corrected chi connectivity index (χ4v) is 2.61. The van der Waals surface area contributed by atoms with Crippen LogP contribution in [0.3, 0.4) is 0 Å². The number of aromatic nitrogens is 2. The number of nitrogens with zero attached hydrogens (tertiary/aromatic N) is 2. The van der Waals surface area contributed by atoms with Gasteiger partial charge >= 0.3 is 0 Å². The number of rotatable bonds is 8. The first-order valence-corrected chi connectivity index (χ1v) is 8.72. The predicted molar refractivity (Wildman–Crippen MR) is 103 cm³/mol. The number of benzene rings is 1. The molecule has 0 saturated heterocycles. The van der Waals surface area contributed by atoms with Gasteiger partial charge in [0.05, 0.1) is 0 Å². The normalized spacial score (nSPS) is 10.3. The van der Waals surface area contributed by atoms with Gasteiger partial charge in [0.2, 0.25) is 0 Å².